The summed E-state index contributed by atoms with van der Waals surface area (Å²) in [5.41, 5.74) is 2.38. The molecular formula is C28H34FN3O7. The van der Waals surface area contributed by atoms with Crippen LogP contribution in [0.1, 0.15) is 54.6 Å². The van der Waals surface area contributed by atoms with Crippen molar-refractivity contribution in [1.29, 1.82) is 0 Å². The minimum atomic E-state index is -2.80. The molecule has 0 radical (unpaired) electrons. The molecule has 10 nitrogen and oxygen atoms in total. The number of aliphatic hydroxyl groups is 1. The molecule has 11 heteroatoms. The second-order valence-electron chi connectivity index (χ2n) is 12.0. The van der Waals surface area contributed by atoms with Crippen LogP contribution in [0.3, 0.4) is 0 Å². The monoisotopic (exact) mass is 543 g/mol. The van der Waals surface area contributed by atoms with Crippen LogP contribution in [-0.2, 0) is 32.1 Å². The molecule has 4 aliphatic carbocycles. The van der Waals surface area contributed by atoms with Crippen molar-refractivity contribution in [3.63, 3.8) is 0 Å². The molecule has 210 valence electrons. The number of aromatic hydroxyl groups is 1. The first-order valence-electron chi connectivity index (χ1n) is 13.3. The summed E-state index contributed by atoms with van der Waals surface area (Å²) in [5, 5.41) is 22.5. The summed E-state index contributed by atoms with van der Waals surface area (Å²) in [6.45, 7) is 4.97. The predicted octanol–water partition coefficient (Wildman–Crippen LogP) is 0.381. The molecule has 5 rings (SSSR count). The standard InChI is InChI=1S/C28H34FN3O7/c1-5-32(27(2)6-7-27)11-13-10-16(33)18-14(20(13)29)8-12-9-15-21(31(3)4)23(35)19(26(30)38)25(37)28(15,39)24(36)17(12)22(18)34/h10,12,15,17,19,21,33,39H,5-9,11H2,1-4H3,(H2,30,38)/t12-,15-,17?,19?,21-,28-/m0/s1. The normalized spacial score (nSPS) is 33.2. The van der Waals surface area contributed by atoms with Gasteiger partial charge in [-0.05, 0) is 65.2 Å². The summed E-state index contributed by atoms with van der Waals surface area (Å²) >= 11 is 0. The molecule has 0 aliphatic heterocycles. The smallest absolute Gasteiger partial charge is 0.235 e. The number of phenols is 1. The Balaban J connectivity index is 1.58. The third kappa shape index (κ3) is 3.81. The molecule has 1 aromatic rings. The minimum Gasteiger partial charge on any atom is -0.507 e. The van der Waals surface area contributed by atoms with Gasteiger partial charge in [-0.15, -0.1) is 0 Å². The van der Waals surface area contributed by atoms with E-state index in [1.807, 2.05) is 6.92 Å². The number of carbonyl (C=O) groups excluding carboxylic acids is 5. The molecule has 0 heterocycles. The van der Waals surface area contributed by atoms with E-state index in [0.29, 0.717) is 6.54 Å². The van der Waals surface area contributed by atoms with Crippen LogP contribution in [0, 0.1) is 29.5 Å². The molecule has 3 saturated carbocycles. The summed E-state index contributed by atoms with van der Waals surface area (Å²) in [6, 6.07) is 0.00917. The summed E-state index contributed by atoms with van der Waals surface area (Å²) < 4.78 is 16.0. The Morgan fingerprint density at radius 1 is 1.18 bits per heavy atom. The third-order valence-corrected chi connectivity index (χ3v) is 9.55. The molecule has 1 amide bonds. The molecule has 0 aromatic heterocycles. The Kier molecular flexibility index (Phi) is 6.36. The second kappa shape index (κ2) is 9.00. The third-order valence-electron chi connectivity index (χ3n) is 9.55. The Morgan fingerprint density at radius 2 is 1.82 bits per heavy atom. The highest BCUT2D eigenvalue weighted by Gasteiger charge is 2.69. The molecule has 0 bridgehead atoms. The van der Waals surface area contributed by atoms with Gasteiger partial charge >= 0.3 is 0 Å². The first-order valence-corrected chi connectivity index (χ1v) is 13.3. The van der Waals surface area contributed by atoms with Crippen LogP contribution in [-0.4, -0.2) is 86.9 Å². The summed E-state index contributed by atoms with van der Waals surface area (Å²) in [5.74, 6) is -12.2. The quantitative estimate of drug-likeness (QED) is 0.431. The van der Waals surface area contributed by atoms with Crippen molar-refractivity contribution in [2.24, 2.45) is 29.4 Å². The van der Waals surface area contributed by atoms with Gasteiger partial charge in [0, 0.05) is 29.1 Å². The Labute approximate surface area is 225 Å². The van der Waals surface area contributed by atoms with Crippen molar-refractivity contribution in [1.82, 2.24) is 9.80 Å². The van der Waals surface area contributed by atoms with Crippen molar-refractivity contribution in [3.05, 3.63) is 28.6 Å². The van der Waals surface area contributed by atoms with Gasteiger partial charge in [0.2, 0.25) is 5.91 Å². The number of halogens is 1. The fourth-order valence-corrected chi connectivity index (χ4v) is 7.21. The van der Waals surface area contributed by atoms with Crippen molar-refractivity contribution >= 4 is 29.0 Å². The van der Waals surface area contributed by atoms with E-state index in [1.54, 1.807) is 0 Å². The Bertz CT molecular complexity index is 1320. The van der Waals surface area contributed by atoms with Crippen molar-refractivity contribution in [2.75, 3.05) is 20.6 Å². The lowest BCUT2D eigenvalue weighted by atomic mass is 9.52. The molecule has 6 atom stereocenters. The number of hydrogen-bond donors (Lipinski definition) is 3. The van der Waals surface area contributed by atoms with Gasteiger partial charge in [-0.25, -0.2) is 4.39 Å². The summed E-state index contributed by atoms with van der Waals surface area (Å²) in [7, 11) is 3.02. The van der Waals surface area contributed by atoms with E-state index < -0.39 is 75.9 Å². The molecule has 39 heavy (non-hydrogen) atoms. The lowest BCUT2D eigenvalue weighted by molar-refractivity contribution is -0.181. The molecule has 0 spiro atoms. The van der Waals surface area contributed by atoms with E-state index in [2.05, 4.69) is 11.8 Å². The van der Waals surface area contributed by atoms with Crippen LogP contribution >= 0.6 is 0 Å². The fraction of sp³-hybridized carbons (Fsp3) is 0.607. The predicted molar refractivity (Wildman–Crippen MR) is 135 cm³/mol. The molecule has 3 fully saturated rings. The maximum atomic E-state index is 16.0. The van der Waals surface area contributed by atoms with E-state index >= 15 is 4.39 Å². The number of Topliss-reactive ketones (excluding diaryl/α,β-unsaturated/α-hetero) is 4. The number of rotatable bonds is 6. The zero-order valence-corrected chi connectivity index (χ0v) is 22.5. The molecule has 0 saturated heterocycles. The number of fused-ring (bicyclic) bond motifs is 3. The van der Waals surface area contributed by atoms with E-state index in [1.165, 1.54) is 25.1 Å². The van der Waals surface area contributed by atoms with E-state index in [4.69, 9.17) is 5.73 Å². The van der Waals surface area contributed by atoms with Crippen LogP contribution in [0.4, 0.5) is 4.39 Å². The largest absolute Gasteiger partial charge is 0.507 e. The molecular weight excluding hydrogens is 509 g/mol. The van der Waals surface area contributed by atoms with Gasteiger partial charge in [-0.3, -0.25) is 33.8 Å². The molecule has 4 N–H and O–H groups in total. The summed E-state index contributed by atoms with van der Waals surface area (Å²) in [4.78, 5) is 69.5. The summed E-state index contributed by atoms with van der Waals surface area (Å²) in [6.07, 6.45) is 1.75. The van der Waals surface area contributed by atoms with Crippen LogP contribution in [0.2, 0.25) is 0 Å². The highest BCUT2D eigenvalue weighted by Crippen LogP contribution is 2.51. The van der Waals surface area contributed by atoms with Crippen molar-refractivity contribution in [2.45, 2.75) is 63.3 Å². The van der Waals surface area contributed by atoms with Gasteiger partial charge in [0.05, 0.1) is 17.5 Å². The maximum Gasteiger partial charge on any atom is 0.235 e. The van der Waals surface area contributed by atoms with Crippen LogP contribution < -0.4 is 5.73 Å². The van der Waals surface area contributed by atoms with Gasteiger partial charge in [0.15, 0.2) is 34.7 Å². The first-order chi connectivity index (χ1) is 18.2. The highest BCUT2D eigenvalue weighted by atomic mass is 19.1. The van der Waals surface area contributed by atoms with Crippen LogP contribution in [0.15, 0.2) is 6.07 Å². The SMILES string of the molecule is CCN(Cc1cc(O)c2c(c1F)C[C@H]1C[C@H]3[C@H](N(C)C)C(=O)C(C(N)=O)C(=O)[C@@]3(O)C(=O)C1C2=O)C1(C)CC1. The van der Waals surface area contributed by atoms with Crippen LogP contribution in [0.25, 0.3) is 0 Å². The Hall–Kier alpha value is -3.02. The van der Waals surface area contributed by atoms with E-state index in [-0.39, 0.29) is 41.6 Å². The Morgan fingerprint density at radius 3 is 2.36 bits per heavy atom. The lowest BCUT2D eigenvalue weighted by Gasteiger charge is -2.52. The number of phenolic OH excluding ortho intramolecular Hbond substituents is 1. The highest BCUT2D eigenvalue weighted by molar-refractivity contribution is 6.32. The number of carbonyl (C=O) groups is 5. The zero-order valence-electron chi connectivity index (χ0n) is 22.5. The zero-order chi connectivity index (χ0) is 28.8. The van der Waals surface area contributed by atoms with Gasteiger partial charge < -0.3 is 15.9 Å². The molecule has 4 aliphatic rings. The number of nitrogens with two attached hydrogens (primary N) is 1. The number of likely N-dealkylation sites (N-methyl/N-ethyl adjacent to an activating group) is 1. The van der Waals surface area contributed by atoms with Crippen LogP contribution in [0.5, 0.6) is 5.75 Å². The average molecular weight is 544 g/mol. The van der Waals surface area contributed by atoms with Crippen molar-refractivity contribution in [3.8, 4) is 5.75 Å². The number of ketones is 4. The second-order valence-corrected chi connectivity index (χ2v) is 12.0. The van der Waals surface area contributed by atoms with Gasteiger partial charge in [0.1, 0.15) is 11.6 Å². The van der Waals surface area contributed by atoms with Gasteiger partial charge in [-0.1, -0.05) is 6.92 Å². The number of hydrogen-bond acceptors (Lipinski definition) is 9. The topological polar surface area (TPSA) is 158 Å². The van der Waals surface area contributed by atoms with Gasteiger partial charge in [-0.2, -0.15) is 0 Å². The maximum absolute atomic E-state index is 16.0. The number of primary amides is 1. The first kappa shape index (κ1) is 27.5. The number of benzene rings is 1. The fourth-order valence-electron chi connectivity index (χ4n) is 7.21. The van der Waals surface area contributed by atoms with E-state index in [9.17, 15) is 34.2 Å². The van der Waals surface area contributed by atoms with Gasteiger partial charge in [0.25, 0.3) is 0 Å². The molecule has 2 unspecified atom stereocenters. The van der Waals surface area contributed by atoms with Crippen molar-refractivity contribution < 1.29 is 38.6 Å². The molecule has 1 aromatic carbocycles. The lowest BCUT2D eigenvalue weighted by Crippen LogP contribution is -2.74. The number of amides is 1. The van der Waals surface area contributed by atoms with E-state index in [0.717, 1.165) is 12.8 Å². The average Bonchev–Trinajstić information content (AvgIpc) is 3.60. The minimum absolute atomic E-state index is 0.00336. The number of nitrogens with zero attached hydrogens (tertiary/aromatic N) is 2.